The Hall–Kier alpha value is -1.89. The lowest BCUT2D eigenvalue weighted by Gasteiger charge is -2.06. The molecule has 7 heteroatoms. The van der Waals surface area contributed by atoms with Crippen molar-refractivity contribution in [3.8, 4) is 0 Å². The van der Waals surface area contributed by atoms with Crippen LogP contribution in [0.1, 0.15) is 49.3 Å². The fourth-order valence-corrected chi connectivity index (χ4v) is 3.25. The standard InChI is InChI=1S/C15H21N3O3S/c1-3-5-6-9-22(20,21)18-15(19)11-7-8-12-13(10-11)17-14(4-2)16-12/h7-8,10H,3-6,9H2,1-2H3,(H,16,17)(H,18,19). The minimum absolute atomic E-state index is 0.0289. The molecule has 0 aliphatic carbocycles. The number of imidazole rings is 1. The van der Waals surface area contributed by atoms with Crippen molar-refractivity contribution < 1.29 is 13.2 Å². The minimum atomic E-state index is -3.58. The molecule has 0 saturated heterocycles. The van der Waals surface area contributed by atoms with Crippen LogP contribution in [0.5, 0.6) is 0 Å². The summed E-state index contributed by atoms with van der Waals surface area (Å²) in [5.74, 6) is 0.199. The highest BCUT2D eigenvalue weighted by Gasteiger charge is 2.16. The van der Waals surface area contributed by atoms with Crippen LogP contribution in [-0.2, 0) is 16.4 Å². The topological polar surface area (TPSA) is 91.9 Å². The summed E-state index contributed by atoms with van der Waals surface area (Å²) >= 11 is 0. The third-order valence-corrected chi connectivity index (χ3v) is 4.72. The maximum atomic E-state index is 12.1. The third-order valence-electron chi connectivity index (χ3n) is 3.39. The van der Waals surface area contributed by atoms with E-state index in [0.717, 1.165) is 36.1 Å². The average Bonchev–Trinajstić information content (AvgIpc) is 2.88. The van der Waals surface area contributed by atoms with Crippen molar-refractivity contribution in [3.63, 3.8) is 0 Å². The lowest BCUT2D eigenvalue weighted by molar-refractivity contribution is 0.0981. The number of carbonyl (C=O) groups is 1. The Balaban J connectivity index is 2.12. The molecular formula is C15H21N3O3S. The van der Waals surface area contributed by atoms with Crippen LogP contribution in [0, 0.1) is 0 Å². The van der Waals surface area contributed by atoms with Crippen LogP contribution in [0.2, 0.25) is 0 Å². The Morgan fingerprint density at radius 2 is 2.05 bits per heavy atom. The van der Waals surface area contributed by atoms with Gasteiger partial charge in [0.2, 0.25) is 10.0 Å². The zero-order valence-corrected chi connectivity index (χ0v) is 13.7. The van der Waals surface area contributed by atoms with E-state index in [1.54, 1.807) is 18.2 Å². The average molecular weight is 323 g/mol. The van der Waals surface area contributed by atoms with E-state index in [9.17, 15) is 13.2 Å². The highest BCUT2D eigenvalue weighted by atomic mass is 32.2. The fraction of sp³-hybridized carbons (Fsp3) is 0.467. The van der Waals surface area contributed by atoms with Gasteiger partial charge in [-0.15, -0.1) is 0 Å². The van der Waals surface area contributed by atoms with E-state index in [-0.39, 0.29) is 5.75 Å². The summed E-state index contributed by atoms with van der Waals surface area (Å²) in [5, 5.41) is 0. The molecule has 1 heterocycles. The Morgan fingerprint density at radius 1 is 1.27 bits per heavy atom. The number of amides is 1. The molecule has 0 atom stereocenters. The first-order valence-electron chi connectivity index (χ1n) is 7.48. The number of hydrogen-bond acceptors (Lipinski definition) is 4. The highest BCUT2D eigenvalue weighted by molar-refractivity contribution is 7.90. The van der Waals surface area contributed by atoms with Gasteiger partial charge < -0.3 is 4.98 Å². The Morgan fingerprint density at radius 3 is 2.73 bits per heavy atom. The van der Waals surface area contributed by atoms with E-state index in [1.807, 2.05) is 13.8 Å². The number of carbonyl (C=O) groups excluding carboxylic acids is 1. The summed E-state index contributed by atoms with van der Waals surface area (Å²) in [5.41, 5.74) is 1.80. The number of rotatable bonds is 7. The summed E-state index contributed by atoms with van der Waals surface area (Å²) in [7, 11) is -3.58. The van der Waals surface area contributed by atoms with Gasteiger partial charge in [0, 0.05) is 12.0 Å². The molecule has 0 bridgehead atoms. The number of benzene rings is 1. The van der Waals surface area contributed by atoms with Gasteiger partial charge in [-0.2, -0.15) is 0 Å². The van der Waals surface area contributed by atoms with Crippen molar-refractivity contribution in [1.82, 2.24) is 14.7 Å². The van der Waals surface area contributed by atoms with Gasteiger partial charge in [0.15, 0.2) is 0 Å². The first-order valence-corrected chi connectivity index (χ1v) is 9.14. The van der Waals surface area contributed by atoms with Crippen LogP contribution in [0.25, 0.3) is 11.0 Å². The largest absolute Gasteiger partial charge is 0.342 e. The Bertz CT molecular complexity index is 765. The summed E-state index contributed by atoms with van der Waals surface area (Å²) in [6, 6.07) is 4.92. The highest BCUT2D eigenvalue weighted by Crippen LogP contribution is 2.14. The quantitative estimate of drug-likeness (QED) is 0.765. The van der Waals surface area contributed by atoms with Gasteiger partial charge in [-0.25, -0.2) is 18.1 Å². The number of aromatic nitrogens is 2. The van der Waals surface area contributed by atoms with Crippen molar-refractivity contribution in [3.05, 3.63) is 29.6 Å². The van der Waals surface area contributed by atoms with Crippen molar-refractivity contribution in [2.45, 2.75) is 39.5 Å². The van der Waals surface area contributed by atoms with E-state index in [0.29, 0.717) is 12.0 Å². The number of hydrogen-bond donors (Lipinski definition) is 2. The molecule has 2 aromatic rings. The molecule has 0 aliphatic heterocycles. The van der Waals surface area contributed by atoms with Crippen molar-refractivity contribution in [2.24, 2.45) is 0 Å². The maximum Gasteiger partial charge on any atom is 0.264 e. The van der Waals surface area contributed by atoms with Crippen LogP contribution < -0.4 is 4.72 Å². The fourth-order valence-electron chi connectivity index (χ4n) is 2.16. The van der Waals surface area contributed by atoms with Crippen LogP contribution in [0.4, 0.5) is 0 Å². The second-order valence-electron chi connectivity index (χ2n) is 5.23. The van der Waals surface area contributed by atoms with Crippen LogP contribution >= 0.6 is 0 Å². The summed E-state index contributed by atoms with van der Waals surface area (Å²) in [4.78, 5) is 19.5. The Kier molecular flexibility index (Phi) is 5.18. The van der Waals surface area contributed by atoms with Crippen molar-refractivity contribution in [1.29, 1.82) is 0 Å². The van der Waals surface area contributed by atoms with Crippen molar-refractivity contribution >= 4 is 27.0 Å². The van der Waals surface area contributed by atoms with Gasteiger partial charge in [-0.05, 0) is 24.6 Å². The molecule has 2 N–H and O–H groups in total. The van der Waals surface area contributed by atoms with Gasteiger partial charge in [0.05, 0.1) is 16.8 Å². The first kappa shape index (κ1) is 16.5. The van der Waals surface area contributed by atoms with Gasteiger partial charge >= 0.3 is 0 Å². The van der Waals surface area contributed by atoms with Gasteiger partial charge in [0.1, 0.15) is 5.82 Å². The molecular weight excluding hydrogens is 302 g/mol. The van der Waals surface area contributed by atoms with E-state index in [2.05, 4.69) is 14.7 Å². The van der Waals surface area contributed by atoms with Gasteiger partial charge in [0.25, 0.3) is 5.91 Å². The monoisotopic (exact) mass is 323 g/mol. The molecule has 0 spiro atoms. The number of aryl methyl sites for hydroxylation is 1. The normalized spacial score (nSPS) is 11.7. The maximum absolute atomic E-state index is 12.1. The van der Waals surface area contributed by atoms with Gasteiger partial charge in [-0.3, -0.25) is 4.79 Å². The number of fused-ring (bicyclic) bond motifs is 1. The number of sulfonamides is 1. The van der Waals surface area contributed by atoms with Crippen LogP contribution in [0.15, 0.2) is 18.2 Å². The summed E-state index contributed by atoms with van der Waals surface area (Å²) in [6.45, 7) is 3.98. The number of nitrogens with zero attached hydrogens (tertiary/aromatic N) is 1. The smallest absolute Gasteiger partial charge is 0.264 e. The molecule has 0 saturated carbocycles. The zero-order valence-electron chi connectivity index (χ0n) is 12.8. The number of aromatic amines is 1. The van der Waals surface area contributed by atoms with Crippen LogP contribution in [0.3, 0.4) is 0 Å². The third kappa shape index (κ3) is 4.07. The lowest BCUT2D eigenvalue weighted by Crippen LogP contribution is -2.32. The molecule has 2 rings (SSSR count). The minimum Gasteiger partial charge on any atom is -0.342 e. The summed E-state index contributed by atoms with van der Waals surface area (Å²) in [6.07, 6.45) is 3.08. The number of H-pyrrole nitrogens is 1. The molecule has 0 radical (unpaired) electrons. The number of nitrogens with one attached hydrogen (secondary N) is 2. The lowest BCUT2D eigenvalue weighted by atomic mass is 10.2. The molecule has 22 heavy (non-hydrogen) atoms. The molecule has 0 unspecified atom stereocenters. The van der Waals surface area contributed by atoms with Crippen molar-refractivity contribution in [2.75, 3.05) is 5.75 Å². The van der Waals surface area contributed by atoms with Gasteiger partial charge in [-0.1, -0.05) is 26.7 Å². The molecule has 1 amide bonds. The molecule has 1 aromatic heterocycles. The molecule has 0 aliphatic rings. The van der Waals surface area contributed by atoms with Crippen LogP contribution in [-0.4, -0.2) is 30.0 Å². The van der Waals surface area contributed by atoms with E-state index >= 15 is 0 Å². The zero-order chi connectivity index (χ0) is 16.2. The Labute approximate surface area is 130 Å². The summed E-state index contributed by atoms with van der Waals surface area (Å²) < 4.78 is 25.8. The second-order valence-corrected chi connectivity index (χ2v) is 7.07. The van der Waals surface area contributed by atoms with E-state index < -0.39 is 15.9 Å². The first-order chi connectivity index (χ1) is 10.4. The van der Waals surface area contributed by atoms with E-state index in [1.165, 1.54) is 0 Å². The molecule has 6 nitrogen and oxygen atoms in total. The number of unbranched alkanes of at least 4 members (excludes halogenated alkanes) is 2. The molecule has 120 valence electrons. The predicted molar refractivity (Wildman–Crippen MR) is 86.2 cm³/mol. The molecule has 1 aromatic carbocycles. The van der Waals surface area contributed by atoms with E-state index in [4.69, 9.17) is 0 Å². The molecule has 0 fully saturated rings. The predicted octanol–water partition coefficient (Wildman–Crippen LogP) is 2.38. The SMILES string of the molecule is CCCCCS(=O)(=O)NC(=O)c1ccc2nc(CC)[nH]c2c1. The second kappa shape index (κ2) is 6.91.